The number of amides is 1. The Hall–Kier alpha value is -2.33. The van der Waals surface area contributed by atoms with Crippen LogP contribution in [0.2, 0.25) is 0 Å². The Labute approximate surface area is 124 Å². The summed E-state index contributed by atoms with van der Waals surface area (Å²) in [6.45, 7) is 1.45. The van der Waals surface area contributed by atoms with Crippen LogP contribution in [0.3, 0.4) is 0 Å². The van der Waals surface area contributed by atoms with Crippen molar-refractivity contribution < 1.29 is 9.53 Å². The molecule has 1 saturated heterocycles. The van der Waals surface area contributed by atoms with E-state index >= 15 is 0 Å². The van der Waals surface area contributed by atoms with E-state index < -0.39 is 0 Å². The topological polar surface area (TPSA) is 41.6 Å². The zero-order valence-electron chi connectivity index (χ0n) is 12.0. The molecule has 1 aliphatic heterocycles. The first-order valence-electron chi connectivity index (χ1n) is 7.03. The van der Waals surface area contributed by atoms with Crippen LogP contribution in [-0.4, -0.2) is 26.1 Å². The molecule has 1 atom stereocenters. The van der Waals surface area contributed by atoms with Crippen molar-refractivity contribution in [3.05, 3.63) is 60.2 Å². The highest BCUT2D eigenvalue weighted by atomic mass is 16.5. The highest BCUT2D eigenvalue weighted by Gasteiger charge is 2.30. The first kappa shape index (κ1) is 13.6. The van der Waals surface area contributed by atoms with Gasteiger partial charge in [-0.1, -0.05) is 30.3 Å². The third kappa shape index (κ3) is 2.76. The van der Waals surface area contributed by atoms with Crippen LogP contribution in [0, 0.1) is 0 Å². The Bertz CT molecular complexity index is 610. The molecular weight excluding hydrogens is 264 g/mol. The summed E-state index contributed by atoms with van der Waals surface area (Å²) in [4.78, 5) is 14.5. The number of carbonyl (C=O) groups excluding carboxylic acids is 1. The van der Waals surface area contributed by atoms with Gasteiger partial charge in [0.1, 0.15) is 11.8 Å². The van der Waals surface area contributed by atoms with Crippen LogP contribution in [0.1, 0.15) is 11.6 Å². The Morgan fingerprint density at radius 2 is 1.81 bits per heavy atom. The minimum Gasteiger partial charge on any atom is -0.497 e. The lowest BCUT2D eigenvalue weighted by molar-refractivity contribution is -0.121. The molecule has 108 valence electrons. The highest BCUT2D eigenvalue weighted by molar-refractivity contribution is 5.98. The molecule has 3 rings (SSSR count). The van der Waals surface area contributed by atoms with Crippen molar-refractivity contribution in [1.29, 1.82) is 0 Å². The number of ether oxygens (including phenoxy) is 1. The van der Waals surface area contributed by atoms with E-state index in [9.17, 15) is 4.79 Å². The van der Waals surface area contributed by atoms with Crippen molar-refractivity contribution in [2.75, 3.05) is 25.1 Å². The Morgan fingerprint density at radius 1 is 1.10 bits per heavy atom. The lowest BCUT2D eigenvalue weighted by atomic mass is 10.0. The number of anilines is 1. The summed E-state index contributed by atoms with van der Waals surface area (Å²) in [6, 6.07) is 17.1. The lowest BCUT2D eigenvalue weighted by Gasteiger charge is -2.33. The van der Waals surface area contributed by atoms with Crippen molar-refractivity contribution in [2.45, 2.75) is 6.04 Å². The molecular formula is C17H18N2O2. The second-order valence-electron chi connectivity index (χ2n) is 4.99. The van der Waals surface area contributed by atoms with Crippen LogP contribution < -0.4 is 15.0 Å². The average molecular weight is 282 g/mol. The summed E-state index contributed by atoms with van der Waals surface area (Å²) in [5.41, 5.74) is 1.91. The molecule has 4 heteroatoms. The predicted octanol–water partition coefficient (Wildman–Crippen LogP) is 2.37. The molecule has 21 heavy (non-hydrogen) atoms. The Balaban J connectivity index is 1.84. The minimum absolute atomic E-state index is 0.0811. The third-order valence-corrected chi connectivity index (χ3v) is 3.71. The molecule has 0 aromatic heterocycles. The number of piperazine rings is 1. The van der Waals surface area contributed by atoms with Gasteiger partial charge in [0.25, 0.3) is 0 Å². The van der Waals surface area contributed by atoms with E-state index in [1.807, 2.05) is 59.5 Å². The lowest BCUT2D eigenvalue weighted by Crippen LogP contribution is -2.50. The Morgan fingerprint density at radius 3 is 2.48 bits per heavy atom. The molecule has 0 aliphatic carbocycles. The molecule has 2 aromatic rings. The monoisotopic (exact) mass is 282 g/mol. The van der Waals surface area contributed by atoms with E-state index in [2.05, 4.69) is 5.32 Å². The summed E-state index contributed by atoms with van der Waals surface area (Å²) in [5, 5.41) is 3.29. The van der Waals surface area contributed by atoms with Crippen molar-refractivity contribution in [3.63, 3.8) is 0 Å². The zero-order valence-corrected chi connectivity index (χ0v) is 12.0. The average Bonchev–Trinajstić information content (AvgIpc) is 2.56. The fraction of sp³-hybridized carbons (Fsp3) is 0.235. The number of benzene rings is 2. The van der Waals surface area contributed by atoms with Crippen molar-refractivity contribution >= 4 is 11.6 Å². The van der Waals surface area contributed by atoms with Gasteiger partial charge in [-0.2, -0.15) is 0 Å². The molecule has 1 aliphatic rings. The summed E-state index contributed by atoms with van der Waals surface area (Å²) >= 11 is 0. The number of carbonyl (C=O) groups is 1. The van der Waals surface area contributed by atoms with Crippen LogP contribution in [0.5, 0.6) is 5.75 Å². The highest BCUT2D eigenvalue weighted by Crippen LogP contribution is 2.25. The van der Waals surface area contributed by atoms with Gasteiger partial charge in [-0.3, -0.25) is 4.79 Å². The van der Waals surface area contributed by atoms with E-state index in [1.165, 1.54) is 0 Å². The molecule has 0 saturated carbocycles. The van der Waals surface area contributed by atoms with Crippen LogP contribution in [0.4, 0.5) is 5.69 Å². The maximum absolute atomic E-state index is 12.7. The van der Waals surface area contributed by atoms with Crippen molar-refractivity contribution in [2.24, 2.45) is 0 Å². The fourth-order valence-corrected chi connectivity index (χ4v) is 2.60. The van der Waals surface area contributed by atoms with Crippen LogP contribution in [0.15, 0.2) is 54.6 Å². The first-order valence-corrected chi connectivity index (χ1v) is 7.03. The van der Waals surface area contributed by atoms with Gasteiger partial charge in [0.15, 0.2) is 0 Å². The number of hydrogen-bond acceptors (Lipinski definition) is 3. The van der Waals surface area contributed by atoms with Crippen LogP contribution >= 0.6 is 0 Å². The summed E-state index contributed by atoms with van der Waals surface area (Å²) in [7, 11) is 1.64. The molecule has 1 unspecified atom stereocenters. The maximum Gasteiger partial charge on any atom is 0.248 e. The van der Waals surface area contributed by atoms with Gasteiger partial charge in [0.2, 0.25) is 5.91 Å². The van der Waals surface area contributed by atoms with Gasteiger partial charge < -0.3 is 15.0 Å². The van der Waals surface area contributed by atoms with E-state index in [-0.39, 0.29) is 11.9 Å². The summed E-state index contributed by atoms with van der Waals surface area (Å²) in [5.74, 6) is 0.874. The van der Waals surface area contributed by atoms with Crippen molar-refractivity contribution in [1.82, 2.24) is 5.32 Å². The van der Waals surface area contributed by atoms with E-state index in [0.29, 0.717) is 6.54 Å². The third-order valence-electron chi connectivity index (χ3n) is 3.71. The molecule has 0 bridgehead atoms. The fourth-order valence-electron chi connectivity index (χ4n) is 2.60. The Kier molecular flexibility index (Phi) is 3.88. The molecule has 0 radical (unpaired) electrons. The van der Waals surface area contributed by atoms with Crippen LogP contribution in [0.25, 0.3) is 0 Å². The van der Waals surface area contributed by atoms with Gasteiger partial charge in [-0.05, 0) is 29.8 Å². The van der Waals surface area contributed by atoms with Gasteiger partial charge in [0.05, 0.1) is 7.11 Å². The summed E-state index contributed by atoms with van der Waals surface area (Å²) < 4.78 is 5.16. The SMILES string of the molecule is COc1ccc(N2CCNC(c3ccccc3)C2=O)cc1. The first-order chi connectivity index (χ1) is 10.3. The molecule has 4 nitrogen and oxygen atoms in total. The zero-order chi connectivity index (χ0) is 14.7. The maximum atomic E-state index is 12.7. The number of methoxy groups -OCH3 is 1. The van der Waals surface area contributed by atoms with E-state index in [0.717, 1.165) is 23.5 Å². The van der Waals surface area contributed by atoms with Gasteiger partial charge in [-0.15, -0.1) is 0 Å². The molecule has 1 fully saturated rings. The standard InChI is InChI=1S/C17H18N2O2/c1-21-15-9-7-14(8-10-15)19-12-11-18-16(17(19)20)13-5-3-2-4-6-13/h2-10,16,18H,11-12H2,1H3. The molecule has 2 aromatic carbocycles. The van der Waals surface area contributed by atoms with Gasteiger partial charge in [0, 0.05) is 18.8 Å². The number of nitrogens with one attached hydrogen (secondary N) is 1. The predicted molar refractivity (Wildman–Crippen MR) is 82.5 cm³/mol. The molecule has 1 heterocycles. The normalized spacial score (nSPS) is 18.6. The van der Waals surface area contributed by atoms with E-state index in [4.69, 9.17) is 4.74 Å². The van der Waals surface area contributed by atoms with Crippen molar-refractivity contribution in [3.8, 4) is 5.75 Å². The molecule has 1 N–H and O–H groups in total. The second kappa shape index (κ2) is 5.97. The summed E-state index contributed by atoms with van der Waals surface area (Å²) in [6.07, 6.45) is 0. The van der Waals surface area contributed by atoms with Crippen LogP contribution in [-0.2, 0) is 4.79 Å². The largest absolute Gasteiger partial charge is 0.497 e. The second-order valence-corrected chi connectivity index (χ2v) is 4.99. The van der Waals surface area contributed by atoms with Gasteiger partial charge in [-0.25, -0.2) is 0 Å². The molecule has 0 spiro atoms. The molecule has 1 amide bonds. The minimum atomic E-state index is -0.276. The number of nitrogens with zero attached hydrogens (tertiary/aromatic N) is 1. The quantitative estimate of drug-likeness (QED) is 0.939. The number of rotatable bonds is 3. The smallest absolute Gasteiger partial charge is 0.248 e. The van der Waals surface area contributed by atoms with Gasteiger partial charge >= 0.3 is 0 Å². The number of hydrogen-bond donors (Lipinski definition) is 1. The van der Waals surface area contributed by atoms with E-state index in [1.54, 1.807) is 7.11 Å².